The molecule has 1 aromatic heterocycles. The van der Waals surface area contributed by atoms with Crippen molar-refractivity contribution >= 4 is 11.3 Å². The zero-order valence-electron chi connectivity index (χ0n) is 11.9. The van der Waals surface area contributed by atoms with E-state index in [1.54, 1.807) is 11.3 Å². The molecule has 4 heteroatoms. The Morgan fingerprint density at radius 1 is 1.20 bits per heavy atom. The fourth-order valence-corrected chi connectivity index (χ4v) is 2.78. The molecule has 2 aromatic rings. The van der Waals surface area contributed by atoms with Gasteiger partial charge < -0.3 is 15.2 Å². The Balaban J connectivity index is 1.69. The van der Waals surface area contributed by atoms with Gasteiger partial charge in [0, 0.05) is 18.0 Å². The lowest BCUT2D eigenvalue weighted by Gasteiger charge is -2.14. The summed E-state index contributed by atoms with van der Waals surface area (Å²) < 4.78 is 5.62. The van der Waals surface area contributed by atoms with Crippen molar-refractivity contribution < 1.29 is 9.84 Å². The van der Waals surface area contributed by atoms with Gasteiger partial charge in [-0.2, -0.15) is 0 Å². The highest BCUT2D eigenvalue weighted by Crippen LogP contribution is 2.16. The van der Waals surface area contributed by atoms with E-state index in [1.165, 1.54) is 10.4 Å². The molecule has 3 nitrogen and oxygen atoms in total. The second kappa shape index (κ2) is 7.43. The first kappa shape index (κ1) is 15.0. The molecule has 0 bridgehead atoms. The van der Waals surface area contributed by atoms with Gasteiger partial charge >= 0.3 is 0 Å². The lowest BCUT2D eigenvalue weighted by molar-refractivity contribution is 0.106. The predicted octanol–water partition coefficient (Wildman–Crippen LogP) is 2.89. The van der Waals surface area contributed by atoms with E-state index >= 15 is 0 Å². The van der Waals surface area contributed by atoms with E-state index < -0.39 is 6.10 Å². The third kappa shape index (κ3) is 4.34. The summed E-state index contributed by atoms with van der Waals surface area (Å²) in [5.41, 5.74) is 2.38. The number of nitrogens with one attached hydrogen (secondary N) is 1. The van der Waals surface area contributed by atoms with E-state index in [0.717, 1.165) is 17.9 Å². The van der Waals surface area contributed by atoms with Gasteiger partial charge in [-0.05, 0) is 42.5 Å². The lowest BCUT2D eigenvalue weighted by Crippen LogP contribution is -2.31. The van der Waals surface area contributed by atoms with Crippen LogP contribution >= 0.6 is 11.3 Å². The maximum absolute atomic E-state index is 9.92. The molecule has 1 heterocycles. The minimum absolute atomic E-state index is 0.307. The van der Waals surface area contributed by atoms with Gasteiger partial charge in [-0.25, -0.2) is 0 Å². The Hall–Kier alpha value is -1.36. The molecule has 108 valence electrons. The van der Waals surface area contributed by atoms with Crippen LogP contribution in [0.15, 0.2) is 35.7 Å². The summed E-state index contributed by atoms with van der Waals surface area (Å²) >= 11 is 1.74. The summed E-state index contributed by atoms with van der Waals surface area (Å²) in [6.45, 7) is 5.74. The quantitative estimate of drug-likeness (QED) is 0.824. The minimum Gasteiger partial charge on any atom is -0.491 e. The molecule has 0 saturated heterocycles. The van der Waals surface area contributed by atoms with Gasteiger partial charge in [-0.1, -0.05) is 18.2 Å². The van der Waals surface area contributed by atoms with Crippen LogP contribution in [0.1, 0.15) is 16.0 Å². The summed E-state index contributed by atoms with van der Waals surface area (Å²) in [5, 5.41) is 15.3. The van der Waals surface area contributed by atoms with Crippen molar-refractivity contribution in [2.45, 2.75) is 26.5 Å². The van der Waals surface area contributed by atoms with Gasteiger partial charge in [0.15, 0.2) is 0 Å². The standard InChI is InChI=1S/C16H21NO2S/c1-12-5-3-4-6-15(12)19-11-14(18)9-17-10-16-13(2)7-8-20-16/h3-8,14,17-18H,9-11H2,1-2H3. The number of aliphatic hydroxyl groups excluding tert-OH is 1. The number of thiophene rings is 1. The van der Waals surface area contributed by atoms with Crippen molar-refractivity contribution in [2.24, 2.45) is 0 Å². The highest BCUT2D eigenvalue weighted by atomic mass is 32.1. The maximum atomic E-state index is 9.92. The van der Waals surface area contributed by atoms with Crippen LogP contribution in [0, 0.1) is 13.8 Å². The van der Waals surface area contributed by atoms with Gasteiger partial charge in [0.05, 0.1) is 0 Å². The van der Waals surface area contributed by atoms with Crippen molar-refractivity contribution in [2.75, 3.05) is 13.2 Å². The van der Waals surface area contributed by atoms with E-state index in [-0.39, 0.29) is 0 Å². The van der Waals surface area contributed by atoms with E-state index in [9.17, 15) is 5.11 Å². The molecule has 0 radical (unpaired) electrons. The van der Waals surface area contributed by atoms with Crippen LogP contribution in [-0.2, 0) is 6.54 Å². The third-order valence-electron chi connectivity index (χ3n) is 3.16. The van der Waals surface area contributed by atoms with E-state index in [4.69, 9.17) is 4.74 Å². The van der Waals surface area contributed by atoms with Gasteiger partial charge in [-0.3, -0.25) is 0 Å². The molecular weight excluding hydrogens is 270 g/mol. The number of hydrogen-bond donors (Lipinski definition) is 2. The monoisotopic (exact) mass is 291 g/mol. The van der Waals surface area contributed by atoms with Gasteiger partial charge in [0.25, 0.3) is 0 Å². The van der Waals surface area contributed by atoms with Gasteiger partial charge in [-0.15, -0.1) is 11.3 Å². The summed E-state index contributed by atoms with van der Waals surface area (Å²) in [4.78, 5) is 1.32. The van der Waals surface area contributed by atoms with Crippen molar-refractivity contribution in [3.63, 3.8) is 0 Å². The first-order chi connectivity index (χ1) is 9.66. The minimum atomic E-state index is -0.505. The molecule has 1 aromatic carbocycles. The zero-order valence-corrected chi connectivity index (χ0v) is 12.7. The summed E-state index contributed by atoms with van der Waals surface area (Å²) in [7, 11) is 0. The van der Waals surface area contributed by atoms with Crippen LogP contribution in [0.5, 0.6) is 5.75 Å². The topological polar surface area (TPSA) is 41.5 Å². The zero-order chi connectivity index (χ0) is 14.4. The third-order valence-corrected chi connectivity index (χ3v) is 4.18. The van der Waals surface area contributed by atoms with Crippen LogP contribution in [0.3, 0.4) is 0 Å². The average Bonchev–Trinajstić information content (AvgIpc) is 2.84. The number of para-hydroxylation sites is 1. The van der Waals surface area contributed by atoms with Gasteiger partial charge in [0.1, 0.15) is 18.5 Å². The van der Waals surface area contributed by atoms with Crippen molar-refractivity contribution in [3.8, 4) is 5.75 Å². The fourth-order valence-electron chi connectivity index (χ4n) is 1.90. The van der Waals surface area contributed by atoms with Crippen LogP contribution in [0.25, 0.3) is 0 Å². The van der Waals surface area contributed by atoms with E-state index in [2.05, 4.69) is 23.7 Å². The number of aryl methyl sites for hydroxylation is 2. The second-order valence-corrected chi connectivity index (χ2v) is 5.89. The fraction of sp³-hybridized carbons (Fsp3) is 0.375. The smallest absolute Gasteiger partial charge is 0.122 e. The highest BCUT2D eigenvalue weighted by Gasteiger charge is 2.07. The first-order valence-electron chi connectivity index (χ1n) is 6.77. The van der Waals surface area contributed by atoms with E-state index in [1.807, 2.05) is 31.2 Å². The molecule has 0 amide bonds. The van der Waals surface area contributed by atoms with E-state index in [0.29, 0.717) is 13.2 Å². The molecule has 0 spiro atoms. The molecule has 2 rings (SSSR count). The first-order valence-corrected chi connectivity index (χ1v) is 7.65. The molecule has 2 N–H and O–H groups in total. The Labute approximate surface area is 124 Å². The van der Waals surface area contributed by atoms with Crippen LogP contribution in [0.4, 0.5) is 0 Å². The molecule has 20 heavy (non-hydrogen) atoms. The number of benzene rings is 1. The molecule has 1 atom stereocenters. The summed E-state index contributed by atoms with van der Waals surface area (Å²) in [6.07, 6.45) is -0.505. The molecule has 1 unspecified atom stereocenters. The predicted molar refractivity (Wildman–Crippen MR) is 83.4 cm³/mol. The van der Waals surface area contributed by atoms with Crippen molar-refractivity contribution in [1.29, 1.82) is 0 Å². The average molecular weight is 291 g/mol. The van der Waals surface area contributed by atoms with Crippen LogP contribution in [0.2, 0.25) is 0 Å². The Bertz CT molecular complexity index is 539. The largest absolute Gasteiger partial charge is 0.491 e. The number of ether oxygens (including phenoxy) is 1. The molecule has 0 aliphatic heterocycles. The Morgan fingerprint density at radius 2 is 2.00 bits per heavy atom. The Morgan fingerprint density at radius 3 is 2.70 bits per heavy atom. The van der Waals surface area contributed by atoms with Crippen LogP contribution in [-0.4, -0.2) is 24.4 Å². The summed E-state index contributed by atoms with van der Waals surface area (Å²) in [5.74, 6) is 0.834. The number of hydrogen-bond acceptors (Lipinski definition) is 4. The molecular formula is C16H21NO2S. The van der Waals surface area contributed by atoms with Crippen molar-refractivity contribution in [3.05, 3.63) is 51.7 Å². The molecule has 0 aliphatic rings. The maximum Gasteiger partial charge on any atom is 0.122 e. The second-order valence-electron chi connectivity index (χ2n) is 4.89. The molecule has 0 aliphatic carbocycles. The lowest BCUT2D eigenvalue weighted by atomic mass is 10.2. The Kier molecular flexibility index (Phi) is 5.59. The van der Waals surface area contributed by atoms with Gasteiger partial charge in [0.2, 0.25) is 0 Å². The van der Waals surface area contributed by atoms with Crippen molar-refractivity contribution in [1.82, 2.24) is 5.32 Å². The molecule has 0 fully saturated rings. The number of aliphatic hydroxyl groups is 1. The molecule has 0 saturated carbocycles. The normalized spacial score (nSPS) is 12.3. The van der Waals surface area contributed by atoms with Crippen LogP contribution < -0.4 is 10.1 Å². The SMILES string of the molecule is Cc1ccccc1OCC(O)CNCc1sccc1C. The summed E-state index contributed by atoms with van der Waals surface area (Å²) in [6, 6.07) is 9.94. The number of rotatable bonds is 7. The highest BCUT2D eigenvalue weighted by molar-refractivity contribution is 7.10.